The molecule has 1 aliphatic rings. The third-order valence-corrected chi connectivity index (χ3v) is 7.23. The van der Waals surface area contributed by atoms with E-state index in [1.807, 2.05) is 60.7 Å². The van der Waals surface area contributed by atoms with E-state index in [2.05, 4.69) is 63.2 Å². The number of carbonyl (C=O) groups excluding carboxylic acids is 1. The van der Waals surface area contributed by atoms with Crippen LogP contribution in [0.2, 0.25) is 0 Å². The highest BCUT2D eigenvalue weighted by molar-refractivity contribution is 7.80. The van der Waals surface area contributed by atoms with E-state index in [0.29, 0.717) is 18.1 Å². The lowest BCUT2D eigenvalue weighted by molar-refractivity contribution is -0.116. The molecule has 0 bridgehead atoms. The zero-order valence-corrected chi connectivity index (χ0v) is 21.9. The Morgan fingerprint density at radius 1 is 1.00 bits per heavy atom. The van der Waals surface area contributed by atoms with Crippen molar-refractivity contribution in [3.8, 4) is 5.69 Å². The van der Waals surface area contributed by atoms with E-state index in [0.717, 1.165) is 40.4 Å². The Morgan fingerprint density at radius 3 is 2.51 bits per heavy atom. The topological polar surface area (TPSA) is 62.2 Å². The highest BCUT2D eigenvalue weighted by Crippen LogP contribution is 2.40. The fourth-order valence-corrected chi connectivity index (χ4v) is 5.40. The molecule has 2 aromatic heterocycles. The third kappa shape index (κ3) is 5.13. The summed E-state index contributed by atoms with van der Waals surface area (Å²) in [7, 11) is 0. The Labute approximate surface area is 223 Å². The molecule has 6 nitrogen and oxygen atoms in total. The second-order valence-electron chi connectivity index (χ2n) is 9.20. The number of amides is 1. The lowest BCUT2D eigenvalue weighted by atomic mass is 10.0. The van der Waals surface area contributed by atoms with Crippen molar-refractivity contribution in [1.82, 2.24) is 19.8 Å². The van der Waals surface area contributed by atoms with Gasteiger partial charge in [0.25, 0.3) is 0 Å². The number of anilines is 1. The monoisotopic (exact) mass is 509 g/mol. The Morgan fingerprint density at radius 2 is 1.76 bits per heavy atom. The first-order valence-corrected chi connectivity index (χ1v) is 13.1. The number of aromatic nitrogens is 2. The number of aryl methyl sites for hydroxylation is 2. The fourth-order valence-electron chi connectivity index (χ4n) is 5.07. The largest absolute Gasteiger partial charge is 0.352 e. The molecule has 0 spiro atoms. The van der Waals surface area contributed by atoms with Gasteiger partial charge in [-0.15, -0.1) is 0 Å². The molecule has 1 aliphatic heterocycles. The first-order chi connectivity index (χ1) is 18.1. The number of carbonyl (C=O) groups is 1. The zero-order valence-electron chi connectivity index (χ0n) is 21.1. The molecule has 4 aromatic rings. The minimum Gasteiger partial charge on any atom is -0.352 e. The second-order valence-corrected chi connectivity index (χ2v) is 9.59. The smallest absolute Gasteiger partial charge is 0.226 e. The molecule has 0 unspecified atom stereocenters. The summed E-state index contributed by atoms with van der Waals surface area (Å²) >= 11 is 5.83. The number of para-hydroxylation sites is 2. The van der Waals surface area contributed by atoms with Crippen molar-refractivity contribution in [1.29, 1.82) is 0 Å². The highest BCUT2D eigenvalue weighted by Gasteiger charge is 2.41. The minimum atomic E-state index is -0.144. The van der Waals surface area contributed by atoms with E-state index in [-0.39, 0.29) is 18.0 Å². The molecular weight excluding hydrogens is 478 g/mol. The molecule has 37 heavy (non-hydrogen) atoms. The van der Waals surface area contributed by atoms with Gasteiger partial charge in [-0.25, -0.2) is 0 Å². The number of nitrogens with one attached hydrogen (secondary N) is 2. The molecule has 1 amide bonds. The molecule has 2 aromatic carbocycles. The van der Waals surface area contributed by atoms with E-state index in [4.69, 9.17) is 12.2 Å². The predicted molar refractivity (Wildman–Crippen MR) is 152 cm³/mol. The summed E-state index contributed by atoms with van der Waals surface area (Å²) in [6.07, 6.45) is 2.98. The molecular formula is C30H31N5OS. The lowest BCUT2D eigenvalue weighted by Gasteiger charge is -2.29. The fraction of sp³-hybridized carbons (Fsp3) is 0.233. The van der Waals surface area contributed by atoms with Gasteiger partial charge in [-0.05, 0) is 73.6 Å². The first-order valence-electron chi connectivity index (χ1n) is 12.7. The van der Waals surface area contributed by atoms with Crippen molar-refractivity contribution in [3.63, 3.8) is 0 Å². The van der Waals surface area contributed by atoms with E-state index in [9.17, 15) is 4.79 Å². The summed E-state index contributed by atoms with van der Waals surface area (Å²) < 4.78 is 2.26. The predicted octanol–water partition coefficient (Wildman–Crippen LogP) is 5.74. The van der Waals surface area contributed by atoms with Crippen LogP contribution < -0.4 is 10.6 Å². The van der Waals surface area contributed by atoms with Gasteiger partial charge < -0.3 is 20.1 Å². The Bertz CT molecular complexity index is 1390. The van der Waals surface area contributed by atoms with Crippen LogP contribution in [0.15, 0.2) is 91.1 Å². The molecule has 3 heterocycles. The molecule has 5 rings (SSSR count). The SMILES string of the molecule is CCc1ccccc1NC(=O)CCN1C(=S)N[C@@H](c2ccccn2)[C@H]1c1ccc(C)n1-c1ccccc1. The van der Waals surface area contributed by atoms with Gasteiger partial charge in [-0.3, -0.25) is 9.78 Å². The second kappa shape index (κ2) is 11.0. The van der Waals surface area contributed by atoms with Crippen molar-refractivity contribution < 1.29 is 4.79 Å². The summed E-state index contributed by atoms with van der Waals surface area (Å²) in [6, 6.07) is 28.2. The molecule has 0 aliphatic carbocycles. The molecule has 7 heteroatoms. The number of benzene rings is 2. The quantitative estimate of drug-likeness (QED) is 0.297. The summed E-state index contributed by atoms with van der Waals surface area (Å²) in [5, 5.41) is 7.22. The summed E-state index contributed by atoms with van der Waals surface area (Å²) in [5.41, 5.74) is 6.23. The maximum atomic E-state index is 13.0. The minimum absolute atomic E-state index is 0.0293. The molecule has 188 valence electrons. The van der Waals surface area contributed by atoms with E-state index >= 15 is 0 Å². The molecule has 0 saturated carbocycles. The van der Waals surface area contributed by atoms with Crippen LogP contribution in [0.3, 0.4) is 0 Å². The molecule has 1 fully saturated rings. The van der Waals surface area contributed by atoms with Crippen molar-refractivity contribution >= 4 is 28.9 Å². The van der Waals surface area contributed by atoms with E-state index in [1.54, 1.807) is 6.20 Å². The Hall–Kier alpha value is -3.97. The van der Waals surface area contributed by atoms with Gasteiger partial charge in [-0.2, -0.15) is 0 Å². The standard InChI is InChI=1S/C30H31N5OS/c1-3-22-11-7-8-14-24(22)32-27(36)18-20-34-29(28(33-30(34)37)25-15-9-10-19-31-25)26-17-16-21(2)35(26)23-12-5-4-6-13-23/h4-17,19,28-29H,3,18,20H2,1-2H3,(H,32,36)(H,33,37)/t28-,29+/m0/s1. The van der Waals surface area contributed by atoms with Gasteiger partial charge >= 0.3 is 0 Å². The summed E-state index contributed by atoms with van der Waals surface area (Å²) in [6.45, 7) is 4.68. The molecule has 2 atom stereocenters. The van der Waals surface area contributed by atoms with Gasteiger partial charge in [0.15, 0.2) is 5.11 Å². The van der Waals surface area contributed by atoms with Gasteiger partial charge in [-0.1, -0.05) is 49.4 Å². The summed E-state index contributed by atoms with van der Waals surface area (Å²) in [4.78, 5) is 19.8. The van der Waals surface area contributed by atoms with Crippen LogP contribution >= 0.6 is 12.2 Å². The van der Waals surface area contributed by atoms with Crippen molar-refractivity contribution in [2.24, 2.45) is 0 Å². The molecule has 1 saturated heterocycles. The van der Waals surface area contributed by atoms with Gasteiger partial charge in [0, 0.05) is 41.9 Å². The van der Waals surface area contributed by atoms with Gasteiger partial charge in [0.1, 0.15) is 0 Å². The lowest BCUT2D eigenvalue weighted by Crippen LogP contribution is -2.33. The van der Waals surface area contributed by atoms with Crippen LogP contribution in [-0.4, -0.2) is 32.0 Å². The molecule has 2 N–H and O–H groups in total. The average Bonchev–Trinajstić information content (AvgIpc) is 3.47. The number of thiocarbonyl (C=S) groups is 1. The van der Waals surface area contributed by atoms with Crippen LogP contribution in [0.1, 0.15) is 48.1 Å². The molecule has 0 radical (unpaired) electrons. The van der Waals surface area contributed by atoms with Crippen LogP contribution in [-0.2, 0) is 11.2 Å². The normalized spacial score (nSPS) is 17.0. The van der Waals surface area contributed by atoms with E-state index < -0.39 is 0 Å². The number of hydrogen-bond donors (Lipinski definition) is 2. The zero-order chi connectivity index (χ0) is 25.8. The van der Waals surface area contributed by atoms with Gasteiger partial charge in [0.05, 0.1) is 17.8 Å². The maximum absolute atomic E-state index is 13.0. The van der Waals surface area contributed by atoms with Crippen LogP contribution in [0.25, 0.3) is 5.69 Å². The summed E-state index contributed by atoms with van der Waals surface area (Å²) in [5.74, 6) is -0.0293. The number of pyridine rings is 1. The van der Waals surface area contributed by atoms with Crippen molar-refractivity contribution in [3.05, 3.63) is 114 Å². The number of nitrogens with zero attached hydrogens (tertiary/aromatic N) is 3. The van der Waals surface area contributed by atoms with Crippen molar-refractivity contribution in [2.75, 3.05) is 11.9 Å². The van der Waals surface area contributed by atoms with E-state index in [1.165, 1.54) is 0 Å². The Kier molecular flexibility index (Phi) is 7.32. The third-order valence-electron chi connectivity index (χ3n) is 6.87. The number of hydrogen-bond acceptors (Lipinski definition) is 3. The first kappa shape index (κ1) is 24.7. The maximum Gasteiger partial charge on any atom is 0.226 e. The van der Waals surface area contributed by atoms with Crippen LogP contribution in [0.5, 0.6) is 0 Å². The van der Waals surface area contributed by atoms with Gasteiger partial charge in [0.2, 0.25) is 5.91 Å². The Balaban J connectivity index is 1.46. The highest BCUT2D eigenvalue weighted by atomic mass is 32.1. The van der Waals surface area contributed by atoms with Crippen LogP contribution in [0, 0.1) is 6.92 Å². The number of rotatable bonds is 8. The van der Waals surface area contributed by atoms with Crippen LogP contribution in [0.4, 0.5) is 5.69 Å². The average molecular weight is 510 g/mol. The van der Waals surface area contributed by atoms with Crippen molar-refractivity contribution in [2.45, 2.75) is 38.8 Å².